The van der Waals surface area contributed by atoms with Gasteiger partial charge in [0, 0.05) is 28.8 Å². The molecule has 0 aliphatic heterocycles. The quantitative estimate of drug-likeness (QED) is 0.539. The molecule has 26 heavy (non-hydrogen) atoms. The number of halogens is 1. The minimum atomic E-state index is 0.435. The number of fused-ring (bicyclic) bond motifs is 1. The van der Waals surface area contributed by atoms with Crippen molar-refractivity contribution in [2.75, 3.05) is 10.6 Å². The Morgan fingerprint density at radius 3 is 2.46 bits per heavy atom. The van der Waals surface area contributed by atoms with Gasteiger partial charge in [-0.15, -0.1) is 0 Å². The lowest BCUT2D eigenvalue weighted by Crippen LogP contribution is -2.04. The Bertz CT molecular complexity index is 1070. The van der Waals surface area contributed by atoms with Crippen molar-refractivity contribution >= 4 is 45.9 Å². The van der Waals surface area contributed by atoms with Crippen LogP contribution in [0.3, 0.4) is 0 Å². The van der Waals surface area contributed by atoms with Gasteiger partial charge in [-0.3, -0.25) is 0 Å². The van der Waals surface area contributed by atoms with Crippen molar-refractivity contribution in [3.05, 3.63) is 71.5 Å². The Labute approximate surface area is 155 Å². The van der Waals surface area contributed by atoms with E-state index in [0.29, 0.717) is 28.0 Å². The summed E-state index contributed by atoms with van der Waals surface area (Å²) in [5.74, 6) is 0.992. The first-order valence-electron chi connectivity index (χ1n) is 8.03. The van der Waals surface area contributed by atoms with Gasteiger partial charge in [0.05, 0.1) is 0 Å². The van der Waals surface area contributed by atoms with Crippen LogP contribution < -0.4 is 10.6 Å². The molecule has 0 radical (unpaired) electrons. The highest BCUT2D eigenvalue weighted by Gasteiger charge is 2.11. The maximum Gasteiger partial charge on any atom is 0.231 e. The van der Waals surface area contributed by atoms with Crippen molar-refractivity contribution in [1.82, 2.24) is 19.9 Å². The number of anilines is 4. The van der Waals surface area contributed by atoms with Gasteiger partial charge in [0.25, 0.3) is 0 Å². The molecule has 0 saturated carbocycles. The van der Waals surface area contributed by atoms with Gasteiger partial charge in [0.2, 0.25) is 5.95 Å². The van der Waals surface area contributed by atoms with Crippen LogP contribution in [0.4, 0.5) is 23.1 Å². The standard InChI is InChI=1S/C19H15ClN6/c1-12-7-8-14(11-15(12)20)23-18-16-17(22-10-9-21-16)25-19(26-18)24-13-5-3-2-4-6-13/h2-11H,1H3,(H2,22,23,24,25,26). The summed E-state index contributed by atoms with van der Waals surface area (Å²) >= 11 is 6.22. The molecule has 7 heteroatoms. The number of hydrogen-bond acceptors (Lipinski definition) is 6. The van der Waals surface area contributed by atoms with Crippen LogP contribution in [-0.2, 0) is 0 Å². The van der Waals surface area contributed by atoms with Crippen LogP contribution in [0.15, 0.2) is 60.9 Å². The predicted molar refractivity (Wildman–Crippen MR) is 104 cm³/mol. The first-order chi connectivity index (χ1) is 12.7. The molecule has 0 spiro atoms. The Morgan fingerprint density at radius 1 is 0.846 bits per heavy atom. The van der Waals surface area contributed by atoms with Crippen LogP contribution in [0.2, 0.25) is 5.02 Å². The number of rotatable bonds is 4. The zero-order valence-electron chi connectivity index (χ0n) is 13.9. The molecular weight excluding hydrogens is 348 g/mol. The SMILES string of the molecule is Cc1ccc(Nc2nc(Nc3ccccc3)nc3nccnc23)cc1Cl. The van der Waals surface area contributed by atoms with E-state index in [0.717, 1.165) is 16.9 Å². The number of aromatic nitrogens is 4. The summed E-state index contributed by atoms with van der Waals surface area (Å²) < 4.78 is 0. The lowest BCUT2D eigenvalue weighted by Gasteiger charge is -2.11. The van der Waals surface area contributed by atoms with Crippen LogP contribution in [0.25, 0.3) is 11.2 Å². The molecule has 128 valence electrons. The van der Waals surface area contributed by atoms with Gasteiger partial charge in [-0.25, -0.2) is 9.97 Å². The van der Waals surface area contributed by atoms with E-state index in [1.165, 1.54) is 0 Å². The van der Waals surface area contributed by atoms with Crippen molar-refractivity contribution in [2.24, 2.45) is 0 Å². The van der Waals surface area contributed by atoms with Crippen molar-refractivity contribution in [3.8, 4) is 0 Å². The number of benzene rings is 2. The Balaban J connectivity index is 1.75. The molecule has 0 fully saturated rings. The average Bonchev–Trinajstić information content (AvgIpc) is 2.66. The Morgan fingerprint density at radius 2 is 1.65 bits per heavy atom. The summed E-state index contributed by atoms with van der Waals surface area (Å²) in [6, 6.07) is 15.5. The highest BCUT2D eigenvalue weighted by Crippen LogP contribution is 2.26. The minimum Gasteiger partial charge on any atom is -0.338 e. The first kappa shape index (κ1) is 16.2. The van der Waals surface area contributed by atoms with E-state index >= 15 is 0 Å². The summed E-state index contributed by atoms with van der Waals surface area (Å²) in [4.78, 5) is 17.7. The van der Waals surface area contributed by atoms with Gasteiger partial charge in [-0.2, -0.15) is 9.97 Å². The zero-order chi connectivity index (χ0) is 17.9. The van der Waals surface area contributed by atoms with Crippen molar-refractivity contribution in [3.63, 3.8) is 0 Å². The summed E-state index contributed by atoms with van der Waals surface area (Å²) in [7, 11) is 0. The number of para-hydroxylation sites is 1. The summed E-state index contributed by atoms with van der Waals surface area (Å²) in [6.07, 6.45) is 3.22. The third-order valence-electron chi connectivity index (χ3n) is 3.80. The Hall–Kier alpha value is -3.25. The van der Waals surface area contributed by atoms with Crippen molar-refractivity contribution in [2.45, 2.75) is 6.92 Å². The van der Waals surface area contributed by atoms with E-state index in [2.05, 4.69) is 30.6 Å². The molecule has 0 saturated heterocycles. The summed E-state index contributed by atoms with van der Waals surface area (Å²) in [5.41, 5.74) is 3.80. The van der Waals surface area contributed by atoms with E-state index in [-0.39, 0.29) is 0 Å². The molecule has 2 heterocycles. The summed E-state index contributed by atoms with van der Waals surface area (Å²) in [5, 5.41) is 7.13. The molecule has 4 aromatic rings. The third-order valence-corrected chi connectivity index (χ3v) is 4.20. The molecule has 0 aliphatic rings. The van der Waals surface area contributed by atoms with E-state index in [1.807, 2.05) is 55.5 Å². The fraction of sp³-hybridized carbons (Fsp3) is 0.0526. The normalized spacial score (nSPS) is 10.7. The van der Waals surface area contributed by atoms with E-state index < -0.39 is 0 Å². The minimum absolute atomic E-state index is 0.435. The lowest BCUT2D eigenvalue weighted by molar-refractivity contribution is 1.15. The molecule has 0 unspecified atom stereocenters. The molecule has 0 atom stereocenters. The molecule has 2 aromatic heterocycles. The van der Waals surface area contributed by atoms with Crippen LogP contribution >= 0.6 is 11.6 Å². The zero-order valence-corrected chi connectivity index (χ0v) is 14.7. The second-order valence-corrected chi connectivity index (χ2v) is 6.11. The first-order valence-corrected chi connectivity index (χ1v) is 8.41. The lowest BCUT2D eigenvalue weighted by atomic mass is 10.2. The molecule has 4 rings (SSSR count). The maximum absolute atomic E-state index is 6.22. The number of aryl methyl sites for hydroxylation is 1. The summed E-state index contributed by atoms with van der Waals surface area (Å²) in [6.45, 7) is 1.96. The topological polar surface area (TPSA) is 75.6 Å². The fourth-order valence-electron chi connectivity index (χ4n) is 2.46. The fourth-order valence-corrected chi connectivity index (χ4v) is 2.65. The molecule has 2 aromatic carbocycles. The van der Waals surface area contributed by atoms with E-state index in [1.54, 1.807) is 12.4 Å². The molecule has 0 aliphatic carbocycles. The van der Waals surface area contributed by atoms with Crippen LogP contribution in [0.5, 0.6) is 0 Å². The molecule has 6 nitrogen and oxygen atoms in total. The highest BCUT2D eigenvalue weighted by atomic mass is 35.5. The number of hydrogen-bond donors (Lipinski definition) is 2. The third kappa shape index (κ3) is 3.41. The van der Waals surface area contributed by atoms with Crippen molar-refractivity contribution in [1.29, 1.82) is 0 Å². The number of nitrogens with one attached hydrogen (secondary N) is 2. The van der Waals surface area contributed by atoms with Gasteiger partial charge in [0.1, 0.15) is 0 Å². The van der Waals surface area contributed by atoms with Gasteiger partial charge >= 0.3 is 0 Å². The van der Waals surface area contributed by atoms with Crippen LogP contribution in [0, 0.1) is 6.92 Å². The Kier molecular flexibility index (Phi) is 4.33. The van der Waals surface area contributed by atoms with Crippen LogP contribution in [-0.4, -0.2) is 19.9 Å². The molecular formula is C19H15ClN6. The number of nitrogens with zero attached hydrogens (tertiary/aromatic N) is 4. The predicted octanol–water partition coefficient (Wildman–Crippen LogP) is 4.87. The van der Waals surface area contributed by atoms with Crippen molar-refractivity contribution < 1.29 is 0 Å². The monoisotopic (exact) mass is 362 g/mol. The van der Waals surface area contributed by atoms with Gasteiger partial charge in [0.15, 0.2) is 17.0 Å². The van der Waals surface area contributed by atoms with Gasteiger partial charge in [-0.1, -0.05) is 35.9 Å². The van der Waals surface area contributed by atoms with Crippen LogP contribution in [0.1, 0.15) is 5.56 Å². The van der Waals surface area contributed by atoms with Gasteiger partial charge < -0.3 is 10.6 Å². The molecule has 0 amide bonds. The average molecular weight is 363 g/mol. The molecule has 0 bridgehead atoms. The largest absolute Gasteiger partial charge is 0.338 e. The second kappa shape index (κ2) is 6.93. The van der Waals surface area contributed by atoms with E-state index in [9.17, 15) is 0 Å². The maximum atomic E-state index is 6.22. The van der Waals surface area contributed by atoms with Gasteiger partial charge in [-0.05, 0) is 36.8 Å². The molecule has 2 N–H and O–H groups in total. The van der Waals surface area contributed by atoms with E-state index in [4.69, 9.17) is 11.6 Å². The second-order valence-electron chi connectivity index (χ2n) is 5.70. The smallest absolute Gasteiger partial charge is 0.231 e. The highest BCUT2D eigenvalue weighted by molar-refractivity contribution is 6.31.